The highest BCUT2D eigenvalue weighted by Crippen LogP contribution is 2.29. The zero-order chi connectivity index (χ0) is 18.6. The van der Waals surface area contributed by atoms with Gasteiger partial charge in [-0.15, -0.1) is 0 Å². The molecule has 0 aliphatic heterocycles. The Hall–Kier alpha value is -3.29. The van der Waals surface area contributed by atoms with Crippen LogP contribution in [0.15, 0.2) is 48.5 Å². The zero-order valence-electron chi connectivity index (χ0n) is 12.5. The standard InChI is InChI=1S/C17H12F3NO4/c18-17(19,20)11-3-1-2-10(8-11)4-7-15(23)21-12-5-6-14(22)13(9-12)16(24)25/h1-9,22H,(H,21,23)(H,24,25)/b7-4+. The summed E-state index contributed by atoms with van der Waals surface area (Å²) in [6.45, 7) is 0. The van der Waals surface area contributed by atoms with Crippen LogP contribution in [0.3, 0.4) is 0 Å². The molecule has 1 amide bonds. The maximum absolute atomic E-state index is 12.6. The second-order valence-corrected chi connectivity index (χ2v) is 4.98. The van der Waals surface area contributed by atoms with Crippen molar-refractivity contribution in [1.29, 1.82) is 0 Å². The van der Waals surface area contributed by atoms with Crippen molar-refractivity contribution < 1.29 is 33.0 Å². The van der Waals surface area contributed by atoms with Crippen molar-refractivity contribution in [3.8, 4) is 5.75 Å². The van der Waals surface area contributed by atoms with Gasteiger partial charge in [0.15, 0.2) is 0 Å². The number of amides is 1. The highest BCUT2D eigenvalue weighted by Gasteiger charge is 2.30. The Balaban J connectivity index is 2.12. The molecule has 0 aromatic heterocycles. The Bertz CT molecular complexity index is 844. The fourth-order valence-corrected chi connectivity index (χ4v) is 1.96. The lowest BCUT2D eigenvalue weighted by Gasteiger charge is -2.07. The summed E-state index contributed by atoms with van der Waals surface area (Å²) in [5.41, 5.74) is -0.921. The fourth-order valence-electron chi connectivity index (χ4n) is 1.96. The number of nitrogens with one attached hydrogen (secondary N) is 1. The third-order valence-electron chi connectivity index (χ3n) is 3.14. The van der Waals surface area contributed by atoms with Gasteiger partial charge in [0.1, 0.15) is 11.3 Å². The predicted molar refractivity (Wildman–Crippen MR) is 84.2 cm³/mol. The second kappa shape index (κ2) is 7.08. The molecule has 0 bridgehead atoms. The van der Waals surface area contributed by atoms with Crippen molar-refractivity contribution in [1.82, 2.24) is 0 Å². The first-order valence-electron chi connectivity index (χ1n) is 6.89. The predicted octanol–water partition coefficient (Wildman–Crippen LogP) is 3.76. The fraction of sp³-hybridized carbons (Fsp3) is 0.0588. The Kier molecular flexibility index (Phi) is 5.11. The zero-order valence-corrected chi connectivity index (χ0v) is 12.5. The number of phenols is 1. The number of alkyl halides is 3. The van der Waals surface area contributed by atoms with E-state index in [-0.39, 0.29) is 16.8 Å². The lowest BCUT2D eigenvalue weighted by atomic mass is 10.1. The number of carboxylic acid groups (broad SMARTS) is 1. The van der Waals surface area contributed by atoms with E-state index < -0.39 is 29.4 Å². The molecule has 0 fully saturated rings. The van der Waals surface area contributed by atoms with Gasteiger partial charge in [0.25, 0.3) is 0 Å². The molecule has 0 heterocycles. The molecule has 2 rings (SSSR count). The van der Waals surface area contributed by atoms with Crippen LogP contribution in [-0.2, 0) is 11.0 Å². The third-order valence-corrected chi connectivity index (χ3v) is 3.14. The topological polar surface area (TPSA) is 86.6 Å². The summed E-state index contributed by atoms with van der Waals surface area (Å²) in [6.07, 6.45) is -2.27. The van der Waals surface area contributed by atoms with E-state index in [1.165, 1.54) is 24.3 Å². The number of carbonyl (C=O) groups excluding carboxylic acids is 1. The number of benzene rings is 2. The lowest BCUT2D eigenvalue weighted by molar-refractivity contribution is -0.137. The van der Waals surface area contributed by atoms with E-state index in [1.54, 1.807) is 0 Å². The average molecular weight is 351 g/mol. The molecule has 2 aromatic rings. The molecule has 0 spiro atoms. The van der Waals surface area contributed by atoms with Crippen LogP contribution < -0.4 is 5.32 Å². The van der Waals surface area contributed by atoms with E-state index in [0.29, 0.717) is 0 Å². The van der Waals surface area contributed by atoms with Gasteiger partial charge >= 0.3 is 12.1 Å². The number of aromatic hydroxyl groups is 1. The summed E-state index contributed by atoms with van der Waals surface area (Å²) in [4.78, 5) is 22.7. The minimum atomic E-state index is -4.48. The molecule has 0 unspecified atom stereocenters. The average Bonchev–Trinajstić information content (AvgIpc) is 2.54. The highest BCUT2D eigenvalue weighted by molar-refractivity contribution is 6.03. The SMILES string of the molecule is O=C(/C=C/c1cccc(C(F)(F)F)c1)Nc1ccc(O)c(C(=O)O)c1. The van der Waals surface area contributed by atoms with Gasteiger partial charge in [-0.3, -0.25) is 4.79 Å². The van der Waals surface area contributed by atoms with Crippen molar-refractivity contribution in [3.63, 3.8) is 0 Å². The van der Waals surface area contributed by atoms with Crippen LogP contribution in [-0.4, -0.2) is 22.1 Å². The summed E-state index contributed by atoms with van der Waals surface area (Å²) in [6, 6.07) is 7.90. The molecular weight excluding hydrogens is 339 g/mol. The van der Waals surface area contributed by atoms with Crippen molar-refractivity contribution in [2.45, 2.75) is 6.18 Å². The van der Waals surface area contributed by atoms with Gasteiger partial charge in [-0.05, 0) is 42.0 Å². The monoisotopic (exact) mass is 351 g/mol. The number of rotatable bonds is 4. The van der Waals surface area contributed by atoms with E-state index >= 15 is 0 Å². The molecule has 130 valence electrons. The Morgan fingerprint density at radius 3 is 2.44 bits per heavy atom. The normalized spacial score (nSPS) is 11.5. The lowest BCUT2D eigenvalue weighted by Crippen LogP contribution is -2.09. The van der Waals surface area contributed by atoms with Crippen molar-refractivity contribution >= 4 is 23.6 Å². The van der Waals surface area contributed by atoms with Gasteiger partial charge in [-0.1, -0.05) is 12.1 Å². The van der Waals surface area contributed by atoms with Gasteiger partial charge in [0.2, 0.25) is 5.91 Å². The van der Waals surface area contributed by atoms with Crippen LogP contribution in [0, 0.1) is 0 Å². The van der Waals surface area contributed by atoms with E-state index in [4.69, 9.17) is 5.11 Å². The van der Waals surface area contributed by atoms with Gasteiger partial charge in [0, 0.05) is 11.8 Å². The molecule has 3 N–H and O–H groups in total. The number of carboxylic acids is 1. The molecule has 0 aliphatic rings. The second-order valence-electron chi connectivity index (χ2n) is 4.98. The third kappa shape index (κ3) is 4.84. The van der Waals surface area contributed by atoms with E-state index in [1.807, 2.05) is 0 Å². The smallest absolute Gasteiger partial charge is 0.416 e. The Morgan fingerprint density at radius 1 is 1.08 bits per heavy atom. The van der Waals surface area contributed by atoms with E-state index in [2.05, 4.69) is 5.32 Å². The Labute approximate surface area is 140 Å². The maximum Gasteiger partial charge on any atom is 0.416 e. The number of anilines is 1. The van der Waals surface area contributed by atoms with Gasteiger partial charge in [0.05, 0.1) is 5.56 Å². The van der Waals surface area contributed by atoms with Crippen LogP contribution >= 0.6 is 0 Å². The molecule has 25 heavy (non-hydrogen) atoms. The van der Waals surface area contributed by atoms with Crippen molar-refractivity contribution in [2.24, 2.45) is 0 Å². The van der Waals surface area contributed by atoms with Crippen LogP contribution in [0.1, 0.15) is 21.5 Å². The molecule has 0 atom stereocenters. The number of halogens is 3. The summed E-state index contributed by atoms with van der Waals surface area (Å²) < 4.78 is 37.9. The van der Waals surface area contributed by atoms with E-state index in [9.17, 15) is 27.9 Å². The number of carbonyl (C=O) groups is 2. The first kappa shape index (κ1) is 18.1. The summed E-state index contributed by atoms with van der Waals surface area (Å²) >= 11 is 0. The Morgan fingerprint density at radius 2 is 1.80 bits per heavy atom. The minimum Gasteiger partial charge on any atom is -0.507 e. The molecule has 2 aromatic carbocycles. The first-order chi connectivity index (χ1) is 11.7. The number of aromatic carboxylic acids is 1. The number of hydrogen-bond donors (Lipinski definition) is 3. The van der Waals surface area contributed by atoms with Crippen molar-refractivity contribution in [3.05, 3.63) is 65.2 Å². The molecule has 5 nitrogen and oxygen atoms in total. The molecule has 0 saturated carbocycles. The van der Waals surface area contributed by atoms with E-state index in [0.717, 1.165) is 30.3 Å². The first-order valence-corrected chi connectivity index (χ1v) is 6.89. The van der Waals surface area contributed by atoms with Gasteiger partial charge in [-0.2, -0.15) is 13.2 Å². The summed E-state index contributed by atoms with van der Waals surface area (Å²) in [5.74, 6) is -2.49. The number of hydrogen-bond acceptors (Lipinski definition) is 3. The molecular formula is C17H12F3NO4. The van der Waals surface area contributed by atoms with Crippen LogP contribution in [0.25, 0.3) is 6.08 Å². The summed E-state index contributed by atoms with van der Waals surface area (Å²) in [5, 5.41) is 20.6. The summed E-state index contributed by atoms with van der Waals surface area (Å²) in [7, 11) is 0. The van der Waals surface area contributed by atoms with Crippen LogP contribution in [0.5, 0.6) is 5.75 Å². The van der Waals surface area contributed by atoms with Gasteiger partial charge < -0.3 is 15.5 Å². The van der Waals surface area contributed by atoms with Crippen LogP contribution in [0.4, 0.5) is 18.9 Å². The molecule has 0 aliphatic carbocycles. The molecule has 0 saturated heterocycles. The van der Waals surface area contributed by atoms with Gasteiger partial charge in [-0.25, -0.2) is 4.79 Å². The maximum atomic E-state index is 12.6. The van der Waals surface area contributed by atoms with Crippen molar-refractivity contribution in [2.75, 3.05) is 5.32 Å². The van der Waals surface area contributed by atoms with Crippen LogP contribution in [0.2, 0.25) is 0 Å². The largest absolute Gasteiger partial charge is 0.507 e. The molecule has 8 heteroatoms. The highest BCUT2D eigenvalue weighted by atomic mass is 19.4. The minimum absolute atomic E-state index is 0.119. The quantitative estimate of drug-likeness (QED) is 0.578. The molecule has 0 radical (unpaired) electrons.